The van der Waals surface area contributed by atoms with E-state index in [4.69, 9.17) is 14.7 Å². The van der Waals surface area contributed by atoms with Gasteiger partial charge in [-0.15, -0.1) is 0 Å². The van der Waals surface area contributed by atoms with Gasteiger partial charge < -0.3 is 14.8 Å². The molecule has 0 saturated heterocycles. The van der Waals surface area contributed by atoms with Crippen molar-refractivity contribution in [3.8, 4) is 17.6 Å². The number of fused-ring (bicyclic) bond motifs is 1. The summed E-state index contributed by atoms with van der Waals surface area (Å²) in [6.45, 7) is 5.17. The first-order valence-corrected chi connectivity index (χ1v) is 9.55. The normalized spacial score (nSPS) is 10.4. The Morgan fingerprint density at radius 1 is 1.00 bits per heavy atom. The van der Waals surface area contributed by atoms with E-state index in [9.17, 15) is 4.79 Å². The first kappa shape index (κ1) is 20.2. The average molecular weight is 388 g/mol. The Morgan fingerprint density at radius 3 is 2.48 bits per heavy atom. The molecule has 0 bridgehead atoms. The zero-order valence-corrected chi connectivity index (χ0v) is 16.7. The standard InChI is InChI=1S/C24H24N2O3/c1-17-13-18(2)15-20(14-17)28-11-12-29-23-8-7-19-5-3-4-6-21(19)22(23)16-26-24(27)9-10-25/h3-8,13-15H,9,11-12,16H2,1-2H3,(H,26,27). The number of amides is 1. The summed E-state index contributed by atoms with van der Waals surface area (Å²) in [7, 11) is 0. The zero-order valence-electron chi connectivity index (χ0n) is 16.7. The molecule has 0 aliphatic heterocycles. The molecule has 0 radical (unpaired) electrons. The molecule has 1 N–H and O–H groups in total. The van der Waals surface area contributed by atoms with Crippen LogP contribution in [0, 0.1) is 25.2 Å². The minimum atomic E-state index is -0.301. The van der Waals surface area contributed by atoms with Crippen LogP contribution in [-0.4, -0.2) is 19.1 Å². The van der Waals surface area contributed by atoms with Gasteiger partial charge in [-0.3, -0.25) is 4.79 Å². The highest BCUT2D eigenvalue weighted by molar-refractivity contribution is 5.88. The van der Waals surface area contributed by atoms with Gasteiger partial charge in [-0.25, -0.2) is 0 Å². The van der Waals surface area contributed by atoms with Gasteiger partial charge in [0.25, 0.3) is 0 Å². The van der Waals surface area contributed by atoms with E-state index in [-0.39, 0.29) is 12.3 Å². The molecule has 0 atom stereocenters. The summed E-state index contributed by atoms with van der Waals surface area (Å²) >= 11 is 0. The molecular formula is C24H24N2O3. The summed E-state index contributed by atoms with van der Waals surface area (Å²) in [4.78, 5) is 11.7. The number of nitriles is 1. The second-order valence-corrected chi connectivity index (χ2v) is 6.90. The molecule has 0 aromatic heterocycles. The Balaban J connectivity index is 1.69. The predicted molar refractivity (Wildman–Crippen MR) is 113 cm³/mol. The number of carbonyl (C=O) groups excluding carboxylic acids is 1. The summed E-state index contributed by atoms with van der Waals surface area (Å²) < 4.78 is 11.8. The van der Waals surface area contributed by atoms with Gasteiger partial charge in [0.2, 0.25) is 5.91 Å². The first-order chi connectivity index (χ1) is 14.1. The van der Waals surface area contributed by atoms with Crippen molar-refractivity contribution >= 4 is 16.7 Å². The molecule has 0 unspecified atom stereocenters. The average Bonchev–Trinajstić information content (AvgIpc) is 2.69. The number of rotatable bonds is 8. The van der Waals surface area contributed by atoms with Crippen LogP contribution >= 0.6 is 0 Å². The fourth-order valence-electron chi connectivity index (χ4n) is 3.28. The number of hydrogen-bond donors (Lipinski definition) is 1. The van der Waals surface area contributed by atoms with E-state index in [0.717, 1.165) is 33.2 Å². The summed E-state index contributed by atoms with van der Waals surface area (Å²) in [6, 6.07) is 19.8. The van der Waals surface area contributed by atoms with Crippen LogP contribution in [0.15, 0.2) is 54.6 Å². The fraction of sp³-hybridized carbons (Fsp3) is 0.250. The Hall–Kier alpha value is -3.52. The molecule has 148 valence electrons. The van der Waals surface area contributed by atoms with Gasteiger partial charge in [-0.2, -0.15) is 5.26 Å². The van der Waals surface area contributed by atoms with Crippen molar-refractivity contribution < 1.29 is 14.3 Å². The predicted octanol–water partition coefficient (Wildman–Crippen LogP) is 4.44. The topological polar surface area (TPSA) is 71.3 Å². The molecule has 3 aromatic rings. The van der Waals surface area contributed by atoms with Crippen LogP contribution in [0.4, 0.5) is 0 Å². The number of nitrogens with zero attached hydrogens (tertiary/aromatic N) is 1. The van der Waals surface area contributed by atoms with Crippen molar-refractivity contribution in [3.05, 3.63) is 71.3 Å². The number of benzene rings is 3. The lowest BCUT2D eigenvalue weighted by molar-refractivity contribution is -0.120. The maximum absolute atomic E-state index is 11.7. The molecule has 0 saturated carbocycles. The van der Waals surface area contributed by atoms with E-state index in [1.807, 2.05) is 68.4 Å². The summed E-state index contributed by atoms with van der Waals surface area (Å²) in [5.41, 5.74) is 3.21. The van der Waals surface area contributed by atoms with Gasteiger partial charge in [-0.05, 0) is 53.9 Å². The van der Waals surface area contributed by atoms with Crippen LogP contribution < -0.4 is 14.8 Å². The van der Waals surface area contributed by atoms with Gasteiger partial charge >= 0.3 is 0 Å². The van der Waals surface area contributed by atoms with Crippen molar-refractivity contribution in [2.45, 2.75) is 26.8 Å². The SMILES string of the molecule is Cc1cc(C)cc(OCCOc2ccc3ccccc3c2CNC(=O)CC#N)c1. The van der Waals surface area contributed by atoms with Gasteiger partial charge in [0.05, 0.1) is 6.07 Å². The minimum absolute atomic E-state index is 0.162. The van der Waals surface area contributed by atoms with E-state index < -0.39 is 0 Å². The highest BCUT2D eigenvalue weighted by Crippen LogP contribution is 2.28. The third-order valence-electron chi connectivity index (χ3n) is 4.50. The summed E-state index contributed by atoms with van der Waals surface area (Å²) in [6.07, 6.45) is -0.162. The number of nitrogens with one attached hydrogen (secondary N) is 1. The van der Waals surface area contributed by atoms with E-state index in [0.29, 0.717) is 25.5 Å². The Morgan fingerprint density at radius 2 is 1.72 bits per heavy atom. The first-order valence-electron chi connectivity index (χ1n) is 9.55. The number of hydrogen-bond acceptors (Lipinski definition) is 4. The van der Waals surface area contributed by atoms with Crippen LogP contribution in [0.2, 0.25) is 0 Å². The molecule has 0 aliphatic rings. The molecule has 29 heavy (non-hydrogen) atoms. The zero-order chi connectivity index (χ0) is 20.6. The maximum atomic E-state index is 11.7. The van der Waals surface area contributed by atoms with Gasteiger partial charge in [0, 0.05) is 12.1 Å². The minimum Gasteiger partial charge on any atom is -0.490 e. The van der Waals surface area contributed by atoms with Gasteiger partial charge in [0.1, 0.15) is 31.1 Å². The molecule has 3 rings (SSSR count). The molecule has 0 spiro atoms. The Bertz CT molecular complexity index is 1030. The molecule has 0 fully saturated rings. The van der Waals surface area contributed by atoms with Crippen LogP contribution in [-0.2, 0) is 11.3 Å². The monoisotopic (exact) mass is 388 g/mol. The van der Waals surface area contributed by atoms with Crippen LogP contribution in [0.25, 0.3) is 10.8 Å². The second-order valence-electron chi connectivity index (χ2n) is 6.90. The molecule has 0 aliphatic carbocycles. The van der Waals surface area contributed by atoms with Crippen molar-refractivity contribution in [3.63, 3.8) is 0 Å². The lowest BCUT2D eigenvalue weighted by Gasteiger charge is -2.15. The molecule has 5 heteroatoms. The van der Waals surface area contributed by atoms with Crippen molar-refractivity contribution in [2.75, 3.05) is 13.2 Å². The molecule has 5 nitrogen and oxygen atoms in total. The van der Waals surface area contributed by atoms with Crippen molar-refractivity contribution in [2.24, 2.45) is 0 Å². The number of aryl methyl sites for hydroxylation is 2. The quantitative estimate of drug-likeness (QED) is 0.579. The Labute approximate surface area is 170 Å². The highest BCUT2D eigenvalue weighted by Gasteiger charge is 2.11. The summed E-state index contributed by atoms with van der Waals surface area (Å²) in [5.74, 6) is 1.23. The lowest BCUT2D eigenvalue weighted by Crippen LogP contribution is -2.22. The van der Waals surface area contributed by atoms with E-state index in [1.54, 1.807) is 0 Å². The molecule has 3 aromatic carbocycles. The molecule has 1 amide bonds. The van der Waals surface area contributed by atoms with Crippen LogP contribution in [0.3, 0.4) is 0 Å². The van der Waals surface area contributed by atoms with Gasteiger partial charge in [-0.1, -0.05) is 36.4 Å². The number of ether oxygens (including phenoxy) is 2. The third kappa shape index (κ3) is 5.49. The molecular weight excluding hydrogens is 364 g/mol. The van der Waals surface area contributed by atoms with Gasteiger partial charge in [0.15, 0.2) is 0 Å². The van der Waals surface area contributed by atoms with E-state index in [1.165, 1.54) is 0 Å². The van der Waals surface area contributed by atoms with Crippen LogP contribution in [0.1, 0.15) is 23.1 Å². The number of carbonyl (C=O) groups is 1. The van der Waals surface area contributed by atoms with E-state index in [2.05, 4.69) is 11.4 Å². The van der Waals surface area contributed by atoms with Crippen LogP contribution in [0.5, 0.6) is 11.5 Å². The second kappa shape index (κ2) is 9.61. The van der Waals surface area contributed by atoms with Crippen molar-refractivity contribution in [1.29, 1.82) is 5.26 Å². The maximum Gasteiger partial charge on any atom is 0.234 e. The smallest absolute Gasteiger partial charge is 0.234 e. The lowest BCUT2D eigenvalue weighted by atomic mass is 10.0. The largest absolute Gasteiger partial charge is 0.490 e. The fourth-order valence-corrected chi connectivity index (χ4v) is 3.28. The highest BCUT2D eigenvalue weighted by atomic mass is 16.5. The Kier molecular flexibility index (Phi) is 6.70. The van der Waals surface area contributed by atoms with E-state index >= 15 is 0 Å². The third-order valence-corrected chi connectivity index (χ3v) is 4.50. The molecule has 0 heterocycles. The van der Waals surface area contributed by atoms with Crippen molar-refractivity contribution in [1.82, 2.24) is 5.32 Å². The summed E-state index contributed by atoms with van der Waals surface area (Å²) in [5, 5.41) is 13.5.